The molecule has 0 saturated carbocycles. The smallest absolute Gasteiger partial charge is 0.252 e. The molecular weight excluding hydrogens is 375 g/mol. The van der Waals surface area contributed by atoms with E-state index in [1.807, 2.05) is 0 Å². The lowest BCUT2D eigenvalue weighted by molar-refractivity contribution is -0.135. The fourth-order valence-corrected chi connectivity index (χ4v) is 3.31. The van der Waals surface area contributed by atoms with E-state index in [0.29, 0.717) is 24.8 Å². The summed E-state index contributed by atoms with van der Waals surface area (Å²) in [5.41, 5.74) is 1.62. The number of pyridine rings is 1. The predicted molar refractivity (Wildman–Crippen MR) is 102 cm³/mol. The number of piperidine rings is 1. The third-order valence-electron chi connectivity index (χ3n) is 4.85. The molecule has 1 aliphatic rings. The van der Waals surface area contributed by atoms with E-state index >= 15 is 0 Å². The Hall–Kier alpha value is -3.13. The van der Waals surface area contributed by atoms with Crippen LogP contribution in [0.3, 0.4) is 0 Å². The first-order valence-corrected chi connectivity index (χ1v) is 9.54. The highest BCUT2D eigenvalue weighted by Gasteiger charge is 2.25. The van der Waals surface area contributed by atoms with E-state index in [4.69, 9.17) is 9.26 Å². The number of carbonyl (C=O) groups is 1. The quantitative estimate of drug-likeness (QED) is 0.637. The van der Waals surface area contributed by atoms with Gasteiger partial charge in [0.1, 0.15) is 12.4 Å². The van der Waals surface area contributed by atoms with Crippen LogP contribution in [0.15, 0.2) is 53.3 Å². The van der Waals surface area contributed by atoms with Gasteiger partial charge in [0.2, 0.25) is 11.7 Å². The van der Waals surface area contributed by atoms with Crippen LogP contribution < -0.4 is 0 Å². The monoisotopic (exact) mass is 396 g/mol. The van der Waals surface area contributed by atoms with Crippen molar-refractivity contribution < 1.29 is 18.4 Å². The Kier molecular flexibility index (Phi) is 5.90. The summed E-state index contributed by atoms with van der Waals surface area (Å²) in [5, 5.41) is 3.96. The minimum Gasteiger partial charge on any atom is -0.367 e. The first-order chi connectivity index (χ1) is 14.2. The van der Waals surface area contributed by atoms with Gasteiger partial charge in [0.15, 0.2) is 0 Å². The van der Waals surface area contributed by atoms with Gasteiger partial charge in [0.05, 0.1) is 12.5 Å². The molecule has 4 rings (SSSR count). The molecule has 1 unspecified atom stereocenters. The van der Waals surface area contributed by atoms with Gasteiger partial charge < -0.3 is 14.2 Å². The number of ether oxygens (including phenoxy) is 1. The van der Waals surface area contributed by atoms with Crippen molar-refractivity contribution in [1.29, 1.82) is 0 Å². The van der Waals surface area contributed by atoms with Crippen LogP contribution in [-0.2, 0) is 22.6 Å². The average molecular weight is 396 g/mol. The lowest BCUT2D eigenvalue weighted by Crippen LogP contribution is -2.43. The van der Waals surface area contributed by atoms with Gasteiger partial charge in [-0.15, -0.1) is 0 Å². The minimum absolute atomic E-state index is 0.0164. The van der Waals surface area contributed by atoms with Crippen LogP contribution in [0.4, 0.5) is 4.39 Å². The maximum atomic E-state index is 13.0. The van der Waals surface area contributed by atoms with Crippen molar-refractivity contribution in [2.75, 3.05) is 13.1 Å². The van der Waals surface area contributed by atoms with E-state index in [9.17, 15) is 9.18 Å². The van der Waals surface area contributed by atoms with Crippen LogP contribution in [0.2, 0.25) is 0 Å². The van der Waals surface area contributed by atoms with Crippen molar-refractivity contribution in [3.63, 3.8) is 0 Å². The third kappa shape index (κ3) is 5.03. The molecule has 3 heterocycles. The molecule has 2 aromatic heterocycles. The SMILES string of the molecule is O=C(Cc1ccc(F)cc1)N1CCCC(OCc2nc(-c3ccncc3)no2)C1. The summed E-state index contributed by atoms with van der Waals surface area (Å²) in [4.78, 5) is 22.7. The van der Waals surface area contributed by atoms with Crippen molar-refractivity contribution in [3.05, 3.63) is 66.1 Å². The largest absolute Gasteiger partial charge is 0.367 e. The van der Waals surface area contributed by atoms with Gasteiger partial charge >= 0.3 is 0 Å². The molecule has 29 heavy (non-hydrogen) atoms. The molecule has 1 atom stereocenters. The average Bonchev–Trinajstić information content (AvgIpc) is 3.24. The first kappa shape index (κ1) is 19.2. The summed E-state index contributed by atoms with van der Waals surface area (Å²) < 4.78 is 24.2. The van der Waals surface area contributed by atoms with Crippen LogP contribution in [0.5, 0.6) is 0 Å². The molecule has 1 aliphatic heterocycles. The number of hydrogen-bond acceptors (Lipinski definition) is 6. The van der Waals surface area contributed by atoms with Crippen molar-refractivity contribution in [3.8, 4) is 11.4 Å². The summed E-state index contributed by atoms with van der Waals surface area (Å²) in [5.74, 6) is 0.598. The van der Waals surface area contributed by atoms with E-state index in [-0.39, 0.29) is 30.9 Å². The second-order valence-electron chi connectivity index (χ2n) is 6.97. The third-order valence-corrected chi connectivity index (χ3v) is 4.85. The molecule has 0 radical (unpaired) electrons. The van der Waals surface area contributed by atoms with E-state index in [0.717, 1.165) is 24.0 Å². The number of benzene rings is 1. The number of carbonyl (C=O) groups excluding carboxylic acids is 1. The van der Waals surface area contributed by atoms with Gasteiger partial charge in [0.25, 0.3) is 5.89 Å². The molecule has 0 bridgehead atoms. The highest BCUT2D eigenvalue weighted by atomic mass is 19.1. The fourth-order valence-electron chi connectivity index (χ4n) is 3.31. The molecule has 1 saturated heterocycles. The van der Waals surface area contributed by atoms with Crippen molar-refractivity contribution in [2.45, 2.75) is 32.0 Å². The second-order valence-corrected chi connectivity index (χ2v) is 6.97. The van der Waals surface area contributed by atoms with E-state index in [2.05, 4.69) is 15.1 Å². The molecule has 150 valence electrons. The summed E-state index contributed by atoms with van der Waals surface area (Å²) in [6.07, 6.45) is 5.24. The zero-order chi connectivity index (χ0) is 20.1. The zero-order valence-corrected chi connectivity index (χ0v) is 15.8. The number of aromatic nitrogens is 3. The second kappa shape index (κ2) is 8.91. The van der Waals surface area contributed by atoms with Gasteiger partial charge in [-0.25, -0.2) is 4.39 Å². The molecule has 0 N–H and O–H groups in total. The fraction of sp³-hybridized carbons (Fsp3) is 0.333. The Morgan fingerprint density at radius 1 is 1.21 bits per heavy atom. The highest BCUT2D eigenvalue weighted by Crippen LogP contribution is 2.18. The Morgan fingerprint density at radius 2 is 2.00 bits per heavy atom. The maximum absolute atomic E-state index is 13.0. The van der Waals surface area contributed by atoms with Gasteiger partial charge in [-0.3, -0.25) is 9.78 Å². The molecule has 1 amide bonds. The molecule has 8 heteroatoms. The van der Waals surface area contributed by atoms with Gasteiger partial charge in [0, 0.05) is 31.0 Å². The van der Waals surface area contributed by atoms with Crippen molar-refractivity contribution >= 4 is 5.91 Å². The maximum Gasteiger partial charge on any atom is 0.252 e. The molecule has 0 spiro atoms. The molecule has 1 fully saturated rings. The van der Waals surface area contributed by atoms with E-state index in [1.165, 1.54) is 12.1 Å². The van der Waals surface area contributed by atoms with E-state index in [1.54, 1.807) is 41.6 Å². The van der Waals surface area contributed by atoms with Gasteiger partial charge in [-0.2, -0.15) is 4.98 Å². The van der Waals surface area contributed by atoms with Crippen LogP contribution in [-0.4, -0.2) is 45.1 Å². The molecule has 3 aromatic rings. The summed E-state index contributed by atoms with van der Waals surface area (Å²) >= 11 is 0. The molecule has 0 aliphatic carbocycles. The van der Waals surface area contributed by atoms with Crippen LogP contribution >= 0.6 is 0 Å². The zero-order valence-electron chi connectivity index (χ0n) is 15.8. The summed E-state index contributed by atoms with van der Waals surface area (Å²) in [6, 6.07) is 9.63. The van der Waals surface area contributed by atoms with Crippen LogP contribution in [0.1, 0.15) is 24.3 Å². The predicted octanol–water partition coefficient (Wildman–Crippen LogP) is 3.02. The van der Waals surface area contributed by atoms with Gasteiger partial charge in [-0.1, -0.05) is 17.3 Å². The number of likely N-dealkylation sites (tertiary alicyclic amines) is 1. The van der Waals surface area contributed by atoms with Crippen molar-refractivity contribution in [1.82, 2.24) is 20.0 Å². The lowest BCUT2D eigenvalue weighted by Gasteiger charge is -2.32. The molecule has 1 aromatic carbocycles. The Balaban J connectivity index is 1.29. The Morgan fingerprint density at radius 3 is 2.79 bits per heavy atom. The van der Waals surface area contributed by atoms with Crippen LogP contribution in [0.25, 0.3) is 11.4 Å². The molecular formula is C21H21FN4O3. The summed E-state index contributed by atoms with van der Waals surface area (Å²) in [7, 11) is 0. The van der Waals surface area contributed by atoms with Crippen molar-refractivity contribution in [2.24, 2.45) is 0 Å². The number of halogens is 1. The minimum atomic E-state index is -0.305. The topological polar surface area (TPSA) is 81.4 Å². The van der Waals surface area contributed by atoms with Gasteiger partial charge in [-0.05, 0) is 42.7 Å². The normalized spacial score (nSPS) is 16.7. The molecule has 7 nitrogen and oxygen atoms in total. The lowest BCUT2D eigenvalue weighted by atomic mass is 10.1. The van der Waals surface area contributed by atoms with Crippen LogP contribution in [0, 0.1) is 5.82 Å². The Labute approximate surface area is 167 Å². The number of amides is 1. The first-order valence-electron chi connectivity index (χ1n) is 9.54. The summed E-state index contributed by atoms with van der Waals surface area (Å²) in [6.45, 7) is 1.42. The highest BCUT2D eigenvalue weighted by molar-refractivity contribution is 5.78. The standard InChI is InChI=1S/C21H21FN4O3/c22-17-5-3-15(4-6-17)12-20(27)26-11-1-2-18(13-26)28-14-19-24-21(25-29-19)16-7-9-23-10-8-16/h3-10,18H,1-2,11-14H2. The number of rotatable bonds is 6. The van der Waals surface area contributed by atoms with E-state index < -0.39 is 0 Å². The Bertz CT molecular complexity index is 946. The number of nitrogens with zero attached hydrogens (tertiary/aromatic N) is 4. The number of hydrogen-bond donors (Lipinski definition) is 0.